The van der Waals surface area contributed by atoms with Crippen molar-refractivity contribution in [3.63, 3.8) is 0 Å². The second-order valence-corrected chi connectivity index (χ2v) is 5.06. The summed E-state index contributed by atoms with van der Waals surface area (Å²) in [5, 5.41) is 8.97. The number of aromatic nitrogens is 1. The Bertz CT molecular complexity index is 619. The lowest BCUT2D eigenvalue weighted by atomic mass is 10.2. The van der Waals surface area contributed by atoms with Crippen LogP contribution in [0.25, 0.3) is 0 Å². The van der Waals surface area contributed by atoms with Gasteiger partial charge in [0, 0.05) is 10.7 Å². The van der Waals surface area contributed by atoms with Gasteiger partial charge < -0.3 is 9.84 Å². The van der Waals surface area contributed by atoms with Gasteiger partial charge in [-0.2, -0.15) is 0 Å². The molecule has 4 nitrogen and oxygen atoms in total. The van der Waals surface area contributed by atoms with E-state index in [0.29, 0.717) is 6.61 Å². The molecule has 98 valence electrons. The molecule has 1 heterocycles. The van der Waals surface area contributed by atoms with Crippen LogP contribution < -0.4 is 4.74 Å². The van der Waals surface area contributed by atoms with E-state index in [4.69, 9.17) is 21.4 Å². The Morgan fingerprint density at radius 1 is 1.42 bits per heavy atom. The summed E-state index contributed by atoms with van der Waals surface area (Å²) in [6.45, 7) is 0.304. The molecule has 0 saturated heterocycles. The van der Waals surface area contributed by atoms with Crippen LogP contribution in [0, 0.1) is 0 Å². The zero-order valence-corrected chi connectivity index (χ0v) is 12.0. The third kappa shape index (κ3) is 3.68. The molecule has 0 radical (unpaired) electrons. The van der Waals surface area contributed by atoms with Crippen LogP contribution >= 0.6 is 27.5 Å². The number of carboxylic acid groups (broad SMARTS) is 1. The van der Waals surface area contributed by atoms with Gasteiger partial charge in [0.1, 0.15) is 11.6 Å². The number of carboxylic acids is 1. The molecule has 2 aromatic rings. The zero-order chi connectivity index (χ0) is 13.8. The summed E-state index contributed by atoms with van der Waals surface area (Å²) >= 11 is 9.28. The monoisotopic (exact) mass is 341 g/mol. The van der Waals surface area contributed by atoms with Crippen molar-refractivity contribution in [3.8, 4) is 5.88 Å². The van der Waals surface area contributed by atoms with Crippen molar-refractivity contribution in [3.05, 3.63) is 57.2 Å². The van der Waals surface area contributed by atoms with E-state index in [-0.39, 0.29) is 16.5 Å². The van der Waals surface area contributed by atoms with E-state index in [0.717, 1.165) is 10.0 Å². The SMILES string of the molecule is O=C(O)c1cnc(OCc2cccc(Br)c2)c(Cl)c1. The first-order valence-corrected chi connectivity index (χ1v) is 6.49. The maximum absolute atomic E-state index is 10.7. The molecule has 0 fully saturated rings. The standard InChI is InChI=1S/C13H9BrClNO3/c14-10-3-1-2-8(4-10)7-19-12-11(15)5-9(6-16-12)13(17)18/h1-6H,7H2,(H,17,18). The molecule has 0 aliphatic rings. The number of rotatable bonds is 4. The summed E-state index contributed by atoms with van der Waals surface area (Å²) in [5.41, 5.74) is 0.981. The molecule has 1 N–H and O–H groups in total. The second-order valence-electron chi connectivity index (χ2n) is 3.73. The van der Waals surface area contributed by atoms with Gasteiger partial charge in [0.2, 0.25) is 5.88 Å². The van der Waals surface area contributed by atoms with Crippen molar-refractivity contribution in [1.29, 1.82) is 0 Å². The lowest BCUT2D eigenvalue weighted by molar-refractivity contribution is 0.0696. The lowest BCUT2D eigenvalue weighted by Crippen LogP contribution is -2.01. The van der Waals surface area contributed by atoms with Crippen LogP contribution in [0.4, 0.5) is 0 Å². The third-order valence-corrected chi connectivity index (χ3v) is 3.08. The van der Waals surface area contributed by atoms with Gasteiger partial charge >= 0.3 is 5.97 Å². The van der Waals surface area contributed by atoms with Gasteiger partial charge in [0.05, 0.1) is 5.56 Å². The molecule has 0 bridgehead atoms. The first kappa shape index (κ1) is 13.8. The summed E-state index contributed by atoms with van der Waals surface area (Å²) in [5.74, 6) is -0.861. The molecule has 0 spiro atoms. The highest BCUT2D eigenvalue weighted by Gasteiger charge is 2.09. The number of nitrogens with zero attached hydrogens (tertiary/aromatic N) is 1. The van der Waals surface area contributed by atoms with E-state index in [1.54, 1.807) is 0 Å². The molecule has 6 heteroatoms. The molecule has 0 amide bonds. The molecular formula is C13H9BrClNO3. The average molecular weight is 343 g/mol. The lowest BCUT2D eigenvalue weighted by Gasteiger charge is -2.07. The van der Waals surface area contributed by atoms with Gasteiger partial charge in [-0.05, 0) is 23.8 Å². The predicted octanol–water partition coefficient (Wildman–Crippen LogP) is 3.77. The quantitative estimate of drug-likeness (QED) is 0.918. The molecule has 19 heavy (non-hydrogen) atoms. The molecule has 0 aliphatic carbocycles. The van der Waals surface area contributed by atoms with Crippen molar-refractivity contribution in [2.45, 2.75) is 6.61 Å². The Morgan fingerprint density at radius 2 is 2.21 bits per heavy atom. The smallest absolute Gasteiger partial charge is 0.337 e. The number of ether oxygens (including phenoxy) is 1. The maximum atomic E-state index is 10.7. The highest BCUT2D eigenvalue weighted by Crippen LogP contribution is 2.23. The second kappa shape index (κ2) is 6.04. The fourth-order valence-corrected chi connectivity index (χ4v) is 2.09. The average Bonchev–Trinajstić information content (AvgIpc) is 2.37. The summed E-state index contributed by atoms with van der Waals surface area (Å²) in [6.07, 6.45) is 1.21. The first-order valence-electron chi connectivity index (χ1n) is 5.32. The largest absolute Gasteiger partial charge is 0.478 e. The molecule has 0 saturated carbocycles. The first-order chi connectivity index (χ1) is 9.06. The van der Waals surface area contributed by atoms with Crippen molar-refractivity contribution < 1.29 is 14.6 Å². The Labute approximate surface area is 123 Å². The molecule has 2 rings (SSSR count). The molecule has 0 unspecified atom stereocenters. The number of hydrogen-bond acceptors (Lipinski definition) is 3. The Kier molecular flexibility index (Phi) is 4.39. The number of hydrogen-bond donors (Lipinski definition) is 1. The highest BCUT2D eigenvalue weighted by molar-refractivity contribution is 9.10. The molecule has 1 aromatic heterocycles. The van der Waals surface area contributed by atoms with Crippen LogP contribution in [0.1, 0.15) is 15.9 Å². The van der Waals surface area contributed by atoms with Gasteiger partial charge in [-0.1, -0.05) is 39.7 Å². The van der Waals surface area contributed by atoms with Crippen LogP contribution in [0.3, 0.4) is 0 Å². The van der Waals surface area contributed by atoms with Crippen molar-refractivity contribution in [2.75, 3.05) is 0 Å². The van der Waals surface area contributed by atoms with Gasteiger partial charge in [0.25, 0.3) is 0 Å². The van der Waals surface area contributed by atoms with Crippen LogP contribution in [0.15, 0.2) is 41.0 Å². The van der Waals surface area contributed by atoms with Gasteiger partial charge in [-0.3, -0.25) is 0 Å². The fraction of sp³-hybridized carbons (Fsp3) is 0.0769. The maximum Gasteiger partial charge on any atom is 0.337 e. The van der Waals surface area contributed by atoms with Gasteiger partial charge in [0.15, 0.2) is 0 Å². The molecule has 0 atom stereocenters. The summed E-state index contributed by atoms with van der Waals surface area (Å²) in [6, 6.07) is 8.94. The Morgan fingerprint density at radius 3 is 2.84 bits per heavy atom. The van der Waals surface area contributed by atoms with E-state index in [2.05, 4.69) is 20.9 Å². The van der Waals surface area contributed by atoms with Crippen LogP contribution in [-0.4, -0.2) is 16.1 Å². The summed E-state index contributed by atoms with van der Waals surface area (Å²) < 4.78 is 6.41. The highest BCUT2D eigenvalue weighted by atomic mass is 79.9. The number of aromatic carboxylic acids is 1. The van der Waals surface area contributed by atoms with E-state index < -0.39 is 5.97 Å². The minimum absolute atomic E-state index is 0.0276. The Balaban J connectivity index is 2.10. The minimum Gasteiger partial charge on any atom is -0.478 e. The number of halogens is 2. The summed E-state index contributed by atoms with van der Waals surface area (Å²) in [7, 11) is 0. The van der Waals surface area contributed by atoms with Crippen molar-refractivity contribution in [2.24, 2.45) is 0 Å². The predicted molar refractivity (Wildman–Crippen MR) is 74.7 cm³/mol. The van der Waals surface area contributed by atoms with E-state index >= 15 is 0 Å². The number of pyridine rings is 1. The normalized spacial score (nSPS) is 10.2. The van der Waals surface area contributed by atoms with Crippen LogP contribution in [0.2, 0.25) is 5.02 Å². The Hall–Kier alpha value is -1.59. The number of carbonyl (C=O) groups is 1. The van der Waals surface area contributed by atoms with E-state index in [1.807, 2.05) is 24.3 Å². The van der Waals surface area contributed by atoms with Gasteiger partial charge in [-0.15, -0.1) is 0 Å². The molecule has 1 aromatic carbocycles. The zero-order valence-electron chi connectivity index (χ0n) is 9.64. The summed E-state index contributed by atoms with van der Waals surface area (Å²) in [4.78, 5) is 14.6. The van der Waals surface area contributed by atoms with Crippen LogP contribution in [-0.2, 0) is 6.61 Å². The molecule has 0 aliphatic heterocycles. The third-order valence-electron chi connectivity index (χ3n) is 2.32. The van der Waals surface area contributed by atoms with E-state index in [1.165, 1.54) is 12.3 Å². The van der Waals surface area contributed by atoms with E-state index in [9.17, 15) is 4.79 Å². The minimum atomic E-state index is -1.08. The number of benzene rings is 1. The molecular weight excluding hydrogens is 334 g/mol. The van der Waals surface area contributed by atoms with Crippen molar-refractivity contribution >= 4 is 33.5 Å². The topological polar surface area (TPSA) is 59.4 Å². The van der Waals surface area contributed by atoms with Crippen molar-refractivity contribution in [1.82, 2.24) is 4.98 Å². The van der Waals surface area contributed by atoms with Gasteiger partial charge in [-0.25, -0.2) is 9.78 Å². The van der Waals surface area contributed by atoms with Crippen LogP contribution in [0.5, 0.6) is 5.88 Å². The fourth-order valence-electron chi connectivity index (χ4n) is 1.43.